The Hall–Kier alpha value is -3.92. The second-order valence-electron chi connectivity index (χ2n) is 8.11. The average Bonchev–Trinajstić information content (AvgIpc) is 3.53. The van der Waals surface area contributed by atoms with Gasteiger partial charge in [0.15, 0.2) is 17.3 Å². The number of aromatic hydroxyl groups is 1. The molecule has 1 aromatic carbocycles. The van der Waals surface area contributed by atoms with E-state index in [1.165, 1.54) is 4.90 Å². The van der Waals surface area contributed by atoms with Gasteiger partial charge >= 0.3 is 6.09 Å². The number of furan rings is 1. The van der Waals surface area contributed by atoms with Crippen LogP contribution in [0.15, 0.2) is 45.1 Å². The number of ether oxygens (including phenoxy) is 1. The number of hydrogen-bond donors (Lipinski definition) is 2. The molecule has 10 heteroatoms. The molecule has 2 aromatic heterocycles. The fourth-order valence-corrected chi connectivity index (χ4v) is 4.36. The van der Waals surface area contributed by atoms with Gasteiger partial charge in [-0.25, -0.2) is 9.78 Å². The van der Waals surface area contributed by atoms with Gasteiger partial charge in [-0.2, -0.15) is 0 Å². The molecule has 0 radical (unpaired) electrons. The number of hydrogen-bond acceptors (Lipinski definition) is 8. The number of carboxylic acid groups (broad SMARTS) is 1. The van der Waals surface area contributed by atoms with Gasteiger partial charge in [-0.3, -0.25) is 4.90 Å². The predicted molar refractivity (Wildman–Crippen MR) is 121 cm³/mol. The minimum Gasteiger partial charge on any atom is -0.504 e. The Bertz CT molecular complexity index is 1300. The minimum absolute atomic E-state index is 0.0128. The Morgan fingerprint density at radius 1 is 1.36 bits per heavy atom. The zero-order valence-corrected chi connectivity index (χ0v) is 18.2. The minimum atomic E-state index is -0.934. The summed E-state index contributed by atoms with van der Waals surface area (Å²) in [5.41, 5.74) is 2.64. The molecule has 1 atom stereocenters. The number of methoxy groups -OCH3 is 1. The van der Waals surface area contributed by atoms with E-state index in [1.807, 2.05) is 6.07 Å². The van der Waals surface area contributed by atoms with Crippen LogP contribution in [0.4, 0.5) is 10.6 Å². The second kappa shape index (κ2) is 8.21. The van der Waals surface area contributed by atoms with E-state index >= 15 is 0 Å². The van der Waals surface area contributed by atoms with Gasteiger partial charge in [0.2, 0.25) is 0 Å². The SMILES string of the molecule is COc1ccc2c(O)c(C=C3N=Nc4ncccc43)oc2c1CN1CC[C@H](N(C)C(=O)O)C1. The molecule has 0 bridgehead atoms. The Balaban J connectivity index is 1.49. The number of rotatable bonds is 5. The van der Waals surface area contributed by atoms with E-state index < -0.39 is 6.09 Å². The third-order valence-electron chi connectivity index (χ3n) is 6.20. The lowest BCUT2D eigenvalue weighted by Crippen LogP contribution is -2.37. The first-order chi connectivity index (χ1) is 16.0. The first-order valence-electron chi connectivity index (χ1n) is 10.5. The molecule has 1 saturated heterocycles. The summed E-state index contributed by atoms with van der Waals surface area (Å²) in [6.07, 6.45) is 3.11. The van der Waals surface area contributed by atoms with Gasteiger partial charge in [0.25, 0.3) is 0 Å². The van der Waals surface area contributed by atoms with Gasteiger partial charge in [-0.15, -0.1) is 10.2 Å². The molecule has 1 fully saturated rings. The first-order valence-corrected chi connectivity index (χ1v) is 10.5. The lowest BCUT2D eigenvalue weighted by Gasteiger charge is -2.22. The number of nitrogens with zero attached hydrogens (tertiary/aromatic N) is 5. The van der Waals surface area contributed by atoms with Gasteiger partial charge in [-0.1, -0.05) is 0 Å². The van der Waals surface area contributed by atoms with E-state index in [9.17, 15) is 15.0 Å². The van der Waals surface area contributed by atoms with E-state index in [0.29, 0.717) is 41.3 Å². The molecule has 0 saturated carbocycles. The fourth-order valence-electron chi connectivity index (χ4n) is 4.36. The highest BCUT2D eigenvalue weighted by molar-refractivity contribution is 5.94. The lowest BCUT2D eigenvalue weighted by molar-refractivity contribution is 0.138. The maximum absolute atomic E-state index is 11.3. The normalized spacial score (nSPS) is 18.8. The van der Waals surface area contributed by atoms with Crippen molar-refractivity contribution in [1.29, 1.82) is 0 Å². The summed E-state index contributed by atoms with van der Waals surface area (Å²) in [5.74, 6) is 1.45. The number of carbonyl (C=O) groups is 1. The van der Waals surface area contributed by atoms with Crippen molar-refractivity contribution >= 4 is 34.7 Å². The topological polar surface area (TPSA) is 124 Å². The maximum atomic E-state index is 11.3. The largest absolute Gasteiger partial charge is 0.504 e. The van der Waals surface area contributed by atoms with Crippen LogP contribution in [0.3, 0.4) is 0 Å². The Kier molecular flexibility index (Phi) is 5.21. The Morgan fingerprint density at radius 2 is 2.21 bits per heavy atom. The maximum Gasteiger partial charge on any atom is 0.407 e. The molecule has 2 aliphatic heterocycles. The van der Waals surface area contributed by atoms with E-state index in [4.69, 9.17) is 9.15 Å². The van der Waals surface area contributed by atoms with Crippen molar-refractivity contribution in [2.45, 2.75) is 19.0 Å². The van der Waals surface area contributed by atoms with Crippen LogP contribution in [0, 0.1) is 0 Å². The highest BCUT2D eigenvalue weighted by Crippen LogP contribution is 2.42. The molecule has 2 N–H and O–H groups in total. The lowest BCUT2D eigenvalue weighted by atomic mass is 10.1. The van der Waals surface area contributed by atoms with Crippen LogP contribution in [0.1, 0.15) is 23.3 Å². The van der Waals surface area contributed by atoms with Crippen molar-refractivity contribution in [3.8, 4) is 11.5 Å². The summed E-state index contributed by atoms with van der Waals surface area (Å²) < 4.78 is 11.7. The molecule has 1 amide bonds. The fraction of sp³-hybridized carbons (Fsp3) is 0.304. The van der Waals surface area contributed by atoms with Crippen LogP contribution < -0.4 is 4.74 Å². The van der Waals surface area contributed by atoms with Crippen LogP contribution in [-0.2, 0) is 6.54 Å². The zero-order valence-electron chi connectivity index (χ0n) is 18.2. The van der Waals surface area contributed by atoms with E-state index in [-0.39, 0.29) is 17.6 Å². The van der Waals surface area contributed by atoms with Crippen molar-refractivity contribution in [1.82, 2.24) is 14.8 Å². The molecule has 0 unspecified atom stereocenters. The van der Waals surface area contributed by atoms with Gasteiger partial charge in [-0.05, 0) is 30.7 Å². The van der Waals surface area contributed by atoms with Crippen molar-refractivity contribution in [3.63, 3.8) is 0 Å². The third kappa shape index (κ3) is 3.68. The van der Waals surface area contributed by atoms with E-state index in [1.54, 1.807) is 44.6 Å². The Labute approximate surface area is 189 Å². The molecule has 3 aromatic rings. The highest BCUT2D eigenvalue weighted by atomic mass is 16.5. The molecule has 2 aliphatic rings. The number of benzene rings is 1. The van der Waals surface area contributed by atoms with Crippen molar-refractivity contribution in [3.05, 3.63) is 47.3 Å². The number of aromatic nitrogens is 1. The molecule has 0 spiro atoms. The molecule has 33 heavy (non-hydrogen) atoms. The van der Waals surface area contributed by atoms with Gasteiger partial charge in [0.1, 0.15) is 17.0 Å². The highest BCUT2D eigenvalue weighted by Gasteiger charge is 2.30. The van der Waals surface area contributed by atoms with Crippen LogP contribution in [0.5, 0.6) is 11.5 Å². The summed E-state index contributed by atoms with van der Waals surface area (Å²) >= 11 is 0. The zero-order chi connectivity index (χ0) is 23.1. The quantitative estimate of drug-likeness (QED) is 0.594. The summed E-state index contributed by atoms with van der Waals surface area (Å²) in [5, 5.41) is 28.9. The molecule has 4 heterocycles. The number of amides is 1. The number of azo groups is 1. The summed E-state index contributed by atoms with van der Waals surface area (Å²) in [7, 11) is 3.18. The number of fused-ring (bicyclic) bond motifs is 2. The van der Waals surface area contributed by atoms with Gasteiger partial charge in [0, 0.05) is 50.6 Å². The molecule has 5 rings (SSSR count). The Morgan fingerprint density at radius 3 is 3.00 bits per heavy atom. The summed E-state index contributed by atoms with van der Waals surface area (Å²) in [6, 6.07) is 7.15. The first kappa shape index (κ1) is 21.0. The predicted octanol–water partition coefficient (Wildman–Crippen LogP) is 4.32. The van der Waals surface area contributed by atoms with E-state index in [0.717, 1.165) is 24.1 Å². The number of likely N-dealkylation sites (N-methyl/N-ethyl adjacent to an activating group) is 1. The number of pyridine rings is 1. The molecular formula is C23H23N5O5. The van der Waals surface area contributed by atoms with Crippen molar-refractivity contribution < 1.29 is 24.2 Å². The van der Waals surface area contributed by atoms with Crippen molar-refractivity contribution in [2.24, 2.45) is 10.2 Å². The number of likely N-dealkylation sites (tertiary alicyclic amines) is 1. The smallest absolute Gasteiger partial charge is 0.407 e. The van der Waals surface area contributed by atoms with E-state index in [2.05, 4.69) is 20.1 Å². The molecule has 10 nitrogen and oxygen atoms in total. The monoisotopic (exact) mass is 449 g/mol. The average molecular weight is 449 g/mol. The summed E-state index contributed by atoms with van der Waals surface area (Å²) in [6.45, 7) is 1.85. The van der Waals surface area contributed by atoms with Crippen LogP contribution in [0.25, 0.3) is 22.7 Å². The third-order valence-corrected chi connectivity index (χ3v) is 6.20. The molecule has 0 aliphatic carbocycles. The molecular weight excluding hydrogens is 426 g/mol. The molecule has 170 valence electrons. The van der Waals surface area contributed by atoms with Crippen LogP contribution in [-0.4, -0.2) is 64.4 Å². The second-order valence-corrected chi connectivity index (χ2v) is 8.11. The standard InChI is InChI=1S/C23H23N5O5/c1-27(23(30)31)13-7-9-28(11-13)12-16-18(32-2)6-5-15-20(29)19(33-21(15)16)10-17-14-4-3-8-24-22(14)26-25-17/h3-6,8,10,13,29H,7,9,11-12H2,1-2H3,(H,30,31)/t13-/m0/s1. The summed E-state index contributed by atoms with van der Waals surface area (Å²) in [4.78, 5) is 19.0. The van der Waals surface area contributed by atoms with Crippen LogP contribution in [0.2, 0.25) is 0 Å². The van der Waals surface area contributed by atoms with Gasteiger partial charge < -0.3 is 24.3 Å². The van der Waals surface area contributed by atoms with Gasteiger partial charge in [0.05, 0.1) is 18.1 Å². The van der Waals surface area contributed by atoms with Crippen LogP contribution >= 0.6 is 0 Å². The van der Waals surface area contributed by atoms with Crippen molar-refractivity contribution in [2.75, 3.05) is 27.2 Å².